The lowest BCUT2D eigenvalue weighted by Gasteiger charge is -2.38. The molecule has 0 bridgehead atoms. The van der Waals surface area contributed by atoms with Crippen LogP contribution in [-0.2, 0) is 4.79 Å². The molecule has 17 heavy (non-hydrogen) atoms. The highest BCUT2D eigenvalue weighted by Crippen LogP contribution is 2.30. The Morgan fingerprint density at radius 2 is 2.29 bits per heavy atom. The highest BCUT2D eigenvalue weighted by Gasteiger charge is 2.37. The monoisotopic (exact) mass is 258 g/mol. The van der Waals surface area contributed by atoms with Crippen LogP contribution in [0.15, 0.2) is 0 Å². The Labute approximate surface area is 109 Å². The standard InChI is InChI=1S/C13H26N2OS/c1-5-10(9-17-4)15-12(16)11-13(2,3)7-6-8-14-11/h10-11,14H,5-9H2,1-4H3,(H,15,16). The van der Waals surface area contributed by atoms with Gasteiger partial charge in [0.05, 0.1) is 6.04 Å². The third-order valence-corrected chi connectivity index (χ3v) is 4.33. The number of nitrogens with one attached hydrogen (secondary N) is 2. The first-order valence-corrected chi connectivity index (χ1v) is 7.93. The van der Waals surface area contributed by atoms with Gasteiger partial charge in [0.2, 0.25) is 5.91 Å². The number of carbonyl (C=O) groups is 1. The molecule has 2 N–H and O–H groups in total. The average Bonchev–Trinajstić information content (AvgIpc) is 2.27. The maximum absolute atomic E-state index is 12.3. The van der Waals surface area contributed by atoms with E-state index in [0.29, 0.717) is 6.04 Å². The van der Waals surface area contributed by atoms with Crippen molar-refractivity contribution in [3.63, 3.8) is 0 Å². The van der Waals surface area contributed by atoms with Crippen LogP contribution in [0.25, 0.3) is 0 Å². The average molecular weight is 258 g/mol. The molecule has 0 radical (unpaired) electrons. The summed E-state index contributed by atoms with van der Waals surface area (Å²) in [6, 6.07) is 0.268. The van der Waals surface area contributed by atoms with Crippen molar-refractivity contribution in [1.82, 2.24) is 10.6 Å². The molecule has 2 unspecified atom stereocenters. The van der Waals surface area contributed by atoms with Gasteiger partial charge in [0.15, 0.2) is 0 Å². The van der Waals surface area contributed by atoms with Crippen LogP contribution < -0.4 is 10.6 Å². The zero-order valence-corrected chi connectivity index (χ0v) is 12.3. The molecule has 3 nitrogen and oxygen atoms in total. The Morgan fingerprint density at radius 1 is 1.59 bits per heavy atom. The van der Waals surface area contributed by atoms with E-state index in [-0.39, 0.29) is 17.4 Å². The molecule has 0 aromatic heterocycles. The molecule has 100 valence electrons. The molecule has 0 spiro atoms. The van der Waals surface area contributed by atoms with E-state index in [1.165, 1.54) is 6.42 Å². The molecule has 1 aliphatic heterocycles. The van der Waals surface area contributed by atoms with Crippen LogP contribution in [0.2, 0.25) is 0 Å². The topological polar surface area (TPSA) is 41.1 Å². The SMILES string of the molecule is CCC(CSC)NC(=O)C1NCCCC1(C)C. The summed E-state index contributed by atoms with van der Waals surface area (Å²) in [5, 5.41) is 6.53. The van der Waals surface area contributed by atoms with Crippen LogP contribution in [0.1, 0.15) is 40.0 Å². The first kappa shape index (κ1) is 14.8. The summed E-state index contributed by atoms with van der Waals surface area (Å²) in [6.45, 7) is 7.44. The molecule has 0 saturated carbocycles. The zero-order chi connectivity index (χ0) is 12.9. The second kappa shape index (κ2) is 6.64. The fourth-order valence-electron chi connectivity index (χ4n) is 2.41. The van der Waals surface area contributed by atoms with Crippen molar-refractivity contribution in [2.45, 2.75) is 52.1 Å². The Morgan fingerprint density at radius 3 is 2.82 bits per heavy atom. The van der Waals surface area contributed by atoms with Crippen molar-refractivity contribution in [2.24, 2.45) is 5.41 Å². The quantitative estimate of drug-likeness (QED) is 0.793. The van der Waals surface area contributed by atoms with Gasteiger partial charge in [-0.25, -0.2) is 0 Å². The molecule has 0 aliphatic carbocycles. The molecular weight excluding hydrogens is 232 g/mol. The minimum atomic E-state index is -0.0350. The summed E-state index contributed by atoms with van der Waals surface area (Å²) in [5.74, 6) is 1.17. The fraction of sp³-hybridized carbons (Fsp3) is 0.923. The maximum Gasteiger partial charge on any atom is 0.237 e. The van der Waals surface area contributed by atoms with Gasteiger partial charge in [0.1, 0.15) is 0 Å². The van der Waals surface area contributed by atoms with Gasteiger partial charge < -0.3 is 10.6 Å². The third kappa shape index (κ3) is 4.18. The van der Waals surface area contributed by atoms with Gasteiger partial charge in [-0.2, -0.15) is 11.8 Å². The Bertz CT molecular complexity index is 256. The summed E-state index contributed by atoms with van der Waals surface area (Å²) in [7, 11) is 0. The molecule has 0 aromatic rings. The van der Waals surface area contributed by atoms with Crippen molar-refractivity contribution in [3.8, 4) is 0 Å². The molecule has 1 saturated heterocycles. The lowest BCUT2D eigenvalue weighted by atomic mass is 9.77. The molecule has 1 heterocycles. The zero-order valence-electron chi connectivity index (χ0n) is 11.5. The van der Waals surface area contributed by atoms with E-state index in [0.717, 1.165) is 25.1 Å². The number of piperidine rings is 1. The van der Waals surface area contributed by atoms with Gasteiger partial charge in [0, 0.05) is 11.8 Å². The molecule has 1 aliphatic rings. The van der Waals surface area contributed by atoms with Crippen molar-refractivity contribution in [1.29, 1.82) is 0 Å². The third-order valence-electron chi connectivity index (χ3n) is 3.60. The highest BCUT2D eigenvalue weighted by molar-refractivity contribution is 7.98. The van der Waals surface area contributed by atoms with Crippen LogP contribution in [0.4, 0.5) is 0 Å². The van der Waals surface area contributed by atoms with E-state index in [1.807, 2.05) is 0 Å². The second-order valence-corrected chi connectivity index (χ2v) is 6.46. The van der Waals surface area contributed by atoms with E-state index >= 15 is 0 Å². The van der Waals surface area contributed by atoms with E-state index in [4.69, 9.17) is 0 Å². The summed E-state index contributed by atoms with van der Waals surface area (Å²) < 4.78 is 0. The summed E-state index contributed by atoms with van der Waals surface area (Å²) in [6.07, 6.45) is 5.37. The normalized spacial score (nSPS) is 25.3. The molecule has 1 amide bonds. The van der Waals surface area contributed by atoms with Gasteiger partial charge >= 0.3 is 0 Å². The van der Waals surface area contributed by atoms with Crippen LogP contribution in [0, 0.1) is 5.41 Å². The highest BCUT2D eigenvalue weighted by atomic mass is 32.2. The number of carbonyl (C=O) groups excluding carboxylic acids is 1. The number of hydrogen-bond acceptors (Lipinski definition) is 3. The maximum atomic E-state index is 12.3. The van der Waals surface area contributed by atoms with Gasteiger partial charge in [-0.3, -0.25) is 4.79 Å². The number of thioether (sulfide) groups is 1. The first-order chi connectivity index (χ1) is 8.01. The molecule has 2 atom stereocenters. The van der Waals surface area contributed by atoms with Crippen molar-refractivity contribution in [3.05, 3.63) is 0 Å². The minimum absolute atomic E-state index is 0.0350. The van der Waals surface area contributed by atoms with E-state index in [2.05, 4.69) is 37.7 Å². The molecular formula is C13H26N2OS. The van der Waals surface area contributed by atoms with Crippen LogP contribution >= 0.6 is 11.8 Å². The van der Waals surface area contributed by atoms with Crippen LogP contribution in [0.3, 0.4) is 0 Å². The Hall–Kier alpha value is -0.220. The smallest absolute Gasteiger partial charge is 0.237 e. The van der Waals surface area contributed by atoms with Gasteiger partial charge in [-0.15, -0.1) is 0 Å². The Kier molecular flexibility index (Phi) is 5.80. The van der Waals surface area contributed by atoms with Crippen LogP contribution in [-0.4, -0.2) is 36.5 Å². The molecule has 1 fully saturated rings. The van der Waals surface area contributed by atoms with Crippen molar-refractivity contribution in [2.75, 3.05) is 18.6 Å². The Balaban J connectivity index is 2.55. The molecule has 1 rings (SSSR count). The predicted octanol–water partition coefficient (Wildman–Crippen LogP) is 2.02. The molecule has 4 heteroatoms. The van der Waals surface area contributed by atoms with E-state index < -0.39 is 0 Å². The van der Waals surface area contributed by atoms with Crippen molar-refractivity contribution < 1.29 is 4.79 Å². The van der Waals surface area contributed by atoms with Crippen LogP contribution in [0.5, 0.6) is 0 Å². The van der Waals surface area contributed by atoms with Gasteiger partial charge in [-0.1, -0.05) is 20.8 Å². The summed E-state index contributed by atoms with van der Waals surface area (Å²) >= 11 is 1.79. The number of amides is 1. The van der Waals surface area contributed by atoms with Gasteiger partial charge in [-0.05, 0) is 37.5 Å². The lowest BCUT2D eigenvalue weighted by molar-refractivity contribution is -0.127. The first-order valence-electron chi connectivity index (χ1n) is 6.54. The van der Waals surface area contributed by atoms with Crippen molar-refractivity contribution >= 4 is 17.7 Å². The fourth-order valence-corrected chi connectivity index (χ4v) is 3.13. The largest absolute Gasteiger partial charge is 0.351 e. The number of hydrogen-bond donors (Lipinski definition) is 2. The lowest BCUT2D eigenvalue weighted by Crippen LogP contribution is -2.57. The number of rotatable bonds is 5. The molecule has 0 aromatic carbocycles. The minimum Gasteiger partial charge on any atom is -0.351 e. The summed E-state index contributed by atoms with van der Waals surface area (Å²) in [4.78, 5) is 12.3. The second-order valence-electron chi connectivity index (χ2n) is 5.55. The summed E-state index contributed by atoms with van der Waals surface area (Å²) in [5.41, 5.74) is 0.0694. The predicted molar refractivity (Wildman–Crippen MR) is 75.4 cm³/mol. The van der Waals surface area contributed by atoms with E-state index in [1.54, 1.807) is 11.8 Å². The van der Waals surface area contributed by atoms with Gasteiger partial charge in [0.25, 0.3) is 0 Å². The van der Waals surface area contributed by atoms with E-state index in [9.17, 15) is 4.79 Å².